The lowest BCUT2D eigenvalue weighted by Crippen LogP contribution is -2.28. The number of amides is 1. The molecule has 2 aromatic heterocycles. The molecule has 4 rings (SSSR count). The fraction of sp³-hybridized carbons (Fsp3) is 0.130. The van der Waals surface area contributed by atoms with E-state index in [4.69, 9.17) is 0 Å². The maximum absolute atomic E-state index is 12.4. The number of hydrogen-bond donors (Lipinski definition) is 2. The Labute approximate surface area is 169 Å². The van der Waals surface area contributed by atoms with E-state index >= 15 is 0 Å². The topological polar surface area (TPSA) is 83.6 Å². The van der Waals surface area contributed by atoms with Gasteiger partial charge in [-0.25, -0.2) is 4.98 Å². The molecule has 0 saturated carbocycles. The van der Waals surface area contributed by atoms with Crippen LogP contribution in [0.15, 0.2) is 79.1 Å². The number of carbonyl (C=O) groups excluding carboxylic acids is 1. The van der Waals surface area contributed by atoms with Crippen LogP contribution in [0, 0.1) is 0 Å². The Bertz CT molecular complexity index is 1080. The maximum Gasteiger partial charge on any atom is 0.224 e. The Morgan fingerprint density at radius 2 is 1.69 bits per heavy atom. The normalized spacial score (nSPS) is 11.8. The van der Waals surface area contributed by atoms with Crippen molar-refractivity contribution in [2.45, 2.75) is 19.4 Å². The van der Waals surface area contributed by atoms with Crippen LogP contribution >= 0.6 is 0 Å². The van der Waals surface area contributed by atoms with Gasteiger partial charge in [0.15, 0.2) is 5.82 Å². The number of benzene rings is 2. The van der Waals surface area contributed by atoms with Crippen LogP contribution in [0.1, 0.15) is 24.4 Å². The lowest BCUT2D eigenvalue weighted by Gasteiger charge is -2.11. The molecular weight excluding hydrogens is 362 g/mol. The van der Waals surface area contributed by atoms with Crippen molar-refractivity contribution in [1.29, 1.82) is 0 Å². The molecule has 6 nitrogen and oxygen atoms in total. The van der Waals surface area contributed by atoms with Crippen molar-refractivity contribution in [3.63, 3.8) is 0 Å². The van der Waals surface area contributed by atoms with E-state index in [9.17, 15) is 4.79 Å². The Morgan fingerprint density at radius 1 is 0.966 bits per heavy atom. The average molecular weight is 383 g/mol. The van der Waals surface area contributed by atoms with Crippen LogP contribution in [0.4, 0.5) is 0 Å². The molecule has 1 amide bonds. The van der Waals surface area contributed by atoms with Gasteiger partial charge in [0.1, 0.15) is 5.82 Å². The van der Waals surface area contributed by atoms with Crippen molar-refractivity contribution in [3.8, 4) is 22.5 Å². The maximum atomic E-state index is 12.4. The molecule has 0 unspecified atom stereocenters. The van der Waals surface area contributed by atoms with Crippen LogP contribution in [0.3, 0.4) is 0 Å². The third kappa shape index (κ3) is 4.55. The van der Waals surface area contributed by atoms with Gasteiger partial charge in [0, 0.05) is 18.0 Å². The standard InChI is InChI=1S/C23H21N5O/c1-16(22-26-23(28-27-22)20-8-5-13-24-15-20)25-21(29)14-17-9-11-19(12-10-17)18-6-3-2-4-7-18/h2-13,15-16H,14H2,1H3,(H,25,29)(H,26,27,28)/t16-/m0/s1. The van der Waals surface area contributed by atoms with Crippen molar-refractivity contribution in [2.75, 3.05) is 0 Å². The van der Waals surface area contributed by atoms with E-state index in [2.05, 4.69) is 37.6 Å². The van der Waals surface area contributed by atoms with Gasteiger partial charge in [0.2, 0.25) is 5.91 Å². The molecule has 2 aromatic carbocycles. The van der Waals surface area contributed by atoms with Crippen LogP contribution in [0.5, 0.6) is 0 Å². The predicted octanol–water partition coefficient (Wildman–Crippen LogP) is 3.95. The molecule has 0 aliphatic rings. The number of rotatable bonds is 6. The zero-order valence-electron chi connectivity index (χ0n) is 16.0. The molecule has 29 heavy (non-hydrogen) atoms. The summed E-state index contributed by atoms with van der Waals surface area (Å²) in [7, 11) is 0. The van der Waals surface area contributed by atoms with Gasteiger partial charge in [0.25, 0.3) is 0 Å². The minimum Gasteiger partial charge on any atom is -0.346 e. The van der Waals surface area contributed by atoms with Gasteiger partial charge in [0.05, 0.1) is 12.5 Å². The summed E-state index contributed by atoms with van der Waals surface area (Å²) in [6, 6.07) is 21.7. The number of aromatic amines is 1. The fourth-order valence-electron chi connectivity index (χ4n) is 3.08. The van der Waals surface area contributed by atoms with Crippen LogP contribution in [-0.4, -0.2) is 26.1 Å². The van der Waals surface area contributed by atoms with E-state index in [1.807, 2.05) is 61.5 Å². The zero-order valence-corrected chi connectivity index (χ0v) is 16.0. The first kappa shape index (κ1) is 18.6. The van der Waals surface area contributed by atoms with Crippen molar-refractivity contribution in [2.24, 2.45) is 0 Å². The number of nitrogens with one attached hydrogen (secondary N) is 2. The zero-order chi connectivity index (χ0) is 20.1. The summed E-state index contributed by atoms with van der Waals surface area (Å²) in [6.45, 7) is 1.88. The van der Waals surface area contributed by atoms with E-state index in [0.29, 0.717) is 18.1 Å². The van der Waals surface area contributed by atoms with Crippen molar-refractivity contribution >= 4 is 5.91 Å². The minimum absolute atomic E-state index is 0.0655. The summed E-state index contributed by atoms with van der Waals surface area (Å²) >= 11 is 0. The van der Waals surface area contributed by atoms with Gasteiger partial charge in [-0.05, 0) is 35.7 Å². The third-order valence-electron chi connectivity index (χ3n) is 4.64. The summed E-state index contributed by atoms with van der Waals surface area (Å²) in [4.78, 5) is 21.0. The summed E-state index contributed by atoms with van der Waals surface area (Å²) in [6.07, 6.45) is 3.71. The second kappa shape index (κ2) is 8.48. The molecule has 6 heteroatoms. The number of hydrogen-bond acceptors (Lipinski definition) is 4. The monoisotopic (exact) mass is 383 g/mol. The summed E-state index contributed by atoms with van der Waals surface area (Å²) in [5.41, 5.74) is 4.08. The summed E-state index contributed by atoms with van der Waals surface area (Å²) < 4.78 is 0. The average Bonchev–Trinajstić information content (AvgIpc) is 3.26. The van der Waals surface area contributed by atoms with E-state index in [-0.39, 0.29) is 11.9 Å². The molecule has 0 saturated heterocycles. The molecule has 0 aliphatic carbocycles. The molecular formula is C23H21N5O. The molecule has 4 aromatic rings. The van der Waals surface area contributed by atoms with Crippen LogP contribution in [-0.2, 0) is 11.2 Å². The highest BCUT2D eigenvalue weighted by Gasteiger charge is 2.15. The van der Waals surface area contributed by atoms with Crippen LogP contribution in [0.25, 0.3) is 22.5 Å². The van der Waals surface area contributed by atoms with Crippen molar-refractivity contribution in [3.05, 3.63) is 90.5 Å². The minimum atomic E-state index is -0.274. The number of aromatic nitrogens is 4. The smallest absolute Gasteiger partial charge is 0.224 e. The number of H-pyrrole nitrogens is 1. The molecule has 2 N–H and O–H groups in total. The molecule has 0 aliphatic heterocycles. The first-order chi connectivity index (χ1) is 14.2. The number of pyridine rings is 1. The molecule has 0 fully saturated rings. The van der Waals surface area contributed by atoms with Gasteiger partial charge in [-0.3, -0.25) is 14.9 Å². The third-order valence-corrected chi connectivity index (χ3v) is 4.64. The van der Waals surface area contributed by atoms with Gasteiger partial charge in [-0.2, -0.15) is 5.10 Å². The number of nitrogens with zero attached hydrogens (tertiary/aromatic N) is 3. The van der Waals surface area contributed by atoms with Gasteiger partial charge in [-0.1, -0.05) is 54.6 Å². The summed E-state index contributed by atoms with van der Waals surface area (Å²) in [5.74, 6) is 1.10. The molecule has 0 spiro atoms. The van der Waals surface area contributed by atoms with Crippen molar-refractivity contribution < 1.29 is 4.79 Å². The first-order valence-electron chi connectivity index (χ1n) is 9.45. The largest absolute Gasteiger partial charge is 0.346 e. The lowest BCUT2D eigenvalue weighted by molar-refractivity contribution is -0.121. The van der Waals surface area contributed by atoms with E-state index in [1.165, 1.54) is 0 Å². The van der Waals surface area contributed by atoms with E-state index < -0.39 is 0 Å². The second-order valence-electron chi connectivity index (χ2n) is 6.81. The molecule has 1 atom stereocenters. The van der Waals surface area contributed by atoms with Gasteiger partial charge >= 0.3 is 0 Å². The summed E-state index contributed by atoms with van der Waals surface area (Å²) in [5, 5.41) is 10.1. The van der Waals surface area contributed by atoms with Gasteiger partial charge < -0.3 is 5.32 Å². The van der Waals surface area contributed by atoms with Crippen LogP contribution in [0.2, 0.25) is 0 Å². The Hall–Kier alpha value is -3.80. The quantitative estimate of drug-likeness (QED) is 0.528. The SMILES string of the molecule is C[C@H](NC(=O)Cc1ccc(-c2ccccc2)cc1)c1nc(-c2cccnc2)n[nH]1. The van der Waals surface area contributed by atoms with E-state index in [0.717, 1.165) is 22.3 Å². The first-order valence-corrected chi connectivity index (χ1v) is 9.45. The highest BCUT2D eigenvalue weighted by molar-refractivity contribution is 5.79. The Kier molecular flexibility index (Phi) is 5.42. The van der Waals surface area contributed by atoms with Crippen molar-refractivity contribution in [1.82, 2.24) is 25.5 Å². The molecule has 144 valence electrons. The second-order valence-corrected chi connectivity index (χ2v) is 6.81. The predicted molar refractivity (Wildman–Crippen MR) is 112 cm³/mol. The molecule has 2 heterocycles. The lowest BCUT2D eigenvalue weighted by atomic mass is 10.0. The highest BCUT2D eigenvalue weighted by Crippen LogP contribution is 2.20. The Balaban J connectivity index is 1.36. The highest BCUT2D eigenvalue weighted by atomic mass is 16.1. The fourth-order valence-corrected chi connectivity index (χ4v) is 3.08. The van der Waals surface area contributed by atoms with E-state index in [1.54, 1.807) is 12.4 Å². The number of carbonyl (C=O) groups is 1. The molecule has 0 bridgehead atoms. The van der Waals surface area contributed by atoms with Crippen LogP contribution < -0.4 is 5.32 Å². The Morgan fingerprint density at radius 3 is 2.41 bits per heavy atom. The molecule has 0 radical (unpaired) electrons. The van der Waals surface area contributed by atoms with Gasteiger partial charge in [-0.15, -0.1) is 0 Å².